The normalized spacial score (nSPS) is 21.4. The van der Waals surface area contributed by atoms with Crippen LogP contribution in [0.25, 0.3) is 0 Å². The summed E-state index contributed by atoms with van der Waals surface area (Å²) >= 11 is 6.13. The number of H-pyrrole nitrogens is 1. The summed E-state index contributed by atoms with van der Waals surface area (Å²) in [5.41, 5.74) is 0.386. The Balaban J connectivity index is 1.52. The van der Waals surface area contributed by atoms with Crippen LogP contribution < -0.4 is 4.74 Å². The second kappa shape index (κ2) is 9.92. The molecule has 0 radical (unpaired) electrons. The first-order valence-electron chi connectivity index (χ1n) is 11.0. The van der Waals surface area contributed by atoms with Crippen LogP contribution in [0, 0.1) is 6.92 Å². The van der Waals surface area contributed by atoms with E-state index in [9.17, 15) is 9.59 Å². The van der Waals surface area contributed by atoms with Crippen LogP contribution in [-0.2, 0) is 9.53 Å². The molecule has 4 rings (SSSR count). The molecule has 1 N–H and O–H groups in total. The molecule has 0 bridgehead atoms. The summed E-state index contributed by atoms with van der Waals surface area (Å²) in [6, 6.07) is 5.44. The average Bonchev–Trinajstić information content (AvgIpc) is 3.35. The number of ether oxygens (including phenoxy) is 2. The van der Waals surface area contributed by atoms with Gasteiger partial charge in [0.25, 0.3) is 5.91 Å². The van der Waals surface area contributed by atoms with Crippen LogP contribution in [0.3, 0.4) is 0 Å². The van der Waals surface area contributed by atoms with Gasteiger partial charge < -0.3 is 24.3 Å². The number of nitrogens with one attached hydrogen (secondary N) is 1. The van der Waals surface area contributed by atoms with Crippen LogP contribution in [0.2, 0.25) is 5.02 Å². The summed E-state index contributed by atoms with van der Waals surface area (Å²) in [7, 11) is 0. The molecule has 2 aliphatic heterocycles. The summed E-state index contributed by atoms with van der Waals surface area (Å²) < 4.78 is 12.3. The number of aromatic amines is 1. The number of hydrogen-bond acceptors (Lipinski definition) is 5. The van der Waals surface area contributed by atoms with Crippen molar-refractivity contribution >= 4 is 23.4 Å². The predicted octanol–water partition coefficient (Wildman–Crippen LogP) is 3.06. The number of likely N-dealkylation sites (tertiary alicyclic amines) is 1. The van der Waals surface area contributed by atoms with Crippen LogP contribution >= 0.6 is 11.6 Å². The molecule has 1 atom stereocenters. The molecule has 2 aromatic rings. The number of imidazole rings is 1. The topological polar surface area (TPSA) is 87.8 Å². The Morgan fingerprint density at radius 1 is 1.22 bits per heavy atom. The van der Waals surface area contributed by atoms with Crippen molar-refractivity contribution < 1.29 is 19.1 Å². The Morgan fingerprint density at radius 2 is 2.03 bits per heavy atom. The minimum atomic E-state index is -0.935. The monoisotopic (exact) mass is 460 g/mol. The number of morpholine rings is 1. The maximum atomic E-state index is 13.1. The van der Waals surface area contributed by atoms with Crippen molar-refractivity contribution in [3.8, 4) is 5.75 Å². The minimum Gasteiger partial charge on any atom is -0.490 e. The fraction of sp³-hybridized carbons (Fsp3) is 0.522. The highest BCUT2D eigenvalue weighted by Crippen LogP contribution is 2.28. The molecule has 2 amide bonds. The van der Waals surface area contributed by atoms with E-state index in [0.29, 0.717) is 29.6 Å². The van der Waals surface area contributed by atoms with E-state index in [1.165, 1.54) is 12.5 Å². The molecule has 1 aromatic heterocycles. The molecule has 8 nitrogen and oxygen atoms in total. The summed E-state index contributed by atoms with van der Waals surface area (Å²) in [6.07, 6.45) is 6.33. The van der Waals surface area contributed by atoms with E-state index in [-0.39, 0.29) is 31.4 Å². The highest BCUT2D eigenvalue weighted by molar-refractivity contribution is 6.31. The Labute approximate surface area is 192 Å². The third kappa shape index (κ3) is 5.24. The van der Waals surface area contributed by atoms with Gasteiger partial charge in [-0.2, -0.15) is 0 Å². The van der Waals surface area contributed by atoms with Crippen LogP contribution in [0.4, 0.5) is 0 Å². The van der Waals surface area contributed by atoms with Gasteiger partial charge in [0.05, 0.1) is 32.1 Å². The van der Waals surface area contributed by atoms with Gasteiger partial charge in [0, 0.05) is 24.7 Å². The van der Waals surface area contributed by atoms with Crippen molar-refractivity contribution in [2.75, 3.05) is 39.4 Å². The number of aromatic nitrogens is 2. The number of halogens is 1. The van der Waals surface area contributed by atoms with E-state index in [0.717, 1.165) is 37.9 Å². The highest BCUT2D eigenvalue weighted by Gasteiger charge is 2.42. The fourth-order valence-electron chi connectivity index (χ4n) is 4.26. The zero-order valence-corrected chi connectivity index (χ0v) is 19.1. The van der Waals surface area contributed by atoms with Crippen molar-refractivity contribution in [3.63, 3.8) is 0 Å². The number of carbonyl (C=O) groups is 2. The second-order valence-electron chi connectivity index (χ2n) is 8.54. The highest BCUT2D eigenvalue weighted by atomic mass is 35.5. The lowest BCUT2D eigenvalue weighted by atomic mass is 9.96. The maximum Gasteiger partial charge on any atom is 0.272 e. The molecule has 1 aromatic carbocycles. The molecule has 2 aliphatic rings. The number of hydrogen-bond donors (Lipinski definition) is 1. The maximum absolute atomic E-state index is 13.1. The largest absolute Gasteiger partial charge is 0.490 e. The molecule has 9 heteroatoms. The second-order valence-corrected chi connectivity index (χ2v) is 8.95. The van der Waals surface area contributed by atoms with Gasteiger partial charge in [0.2, 0.25) is 5.91 Å². The van der Waals surface area contributed by atoms with Gasteiger partial charge in [-0.3, -0.25) is 9.59 Å². The number of piperidine rings is 1. The van der Waals surface area contributed by atoms with Crippen molar-refractivity contribution in [1.29, 1.82) is 0 Å². The fourth-order valence-corrected chi connectivity index (χ4v) is 4.38. The molecule has 2 saturated heterocycles. The average molecular weight is 461 g/mol. The van der Waals surface area contributed by atoms with E-state index in [1.807, 2.05) is 17.9 Å². The van der Waals surface area contributed by atoms with Gasteiger partial charge in [-0.1, -0.05) is 11.6 Å². The van der Waals surface area contributed by atoms with E-state index in [2.05, 4.69) is 9.97 Å². The molecular formula is C23H29ClN4O4. The molecule has 0 saturated carbocycles. The number of nitrogens with zero attached hydrogens (tertiary/aromatic N) is 3. The van der Waals surface area contributed by atoms with Crippen LogP contribution in [0.5, 0.6) is 5.75 Å². The number of benzene rings is 1. The molecule has 0 unspecified atom stereocenters. The van der Waals surface area contributed by atoms with Gasteiger partial charge in [0.15, 0.2) is 0 Å². The summed E-state index contributed by atoms with van der Waals surface area (Å²) in [6.45, 7) is 4.63. The van der Waals surface area contributed by atoms with Gasteiger partial charge in [-0.15, -0.1) is 0 Å². The SMILES string of the molecule is Cc1cc(OC[C@]2(CC(=O)N3CCCCC3)CN(C(=O)c3cnc[nH]3)CCO2)ccc1Cl. The van der Waals surface area contributed by atoms with Crippen LogP contribution in [-0.4, -0.2) is 76.6 Å². The quantitative estimate of drug-likeness (QED) is 0.715. The Morgan fingerprint density at radius 3 is 2.75 bits per heavy atom. The van der Waals surface area contributed by atoms with Crippen molar-refractivity contribution in [3.05, 3.63) is 47.0 Å². The van der Waals surface area contributed by atoms with Gasteiger partial charge >= 0.3 is 0 Å². The number of amides is 2. The third-order valence-corrected chi connectivity index (χ3v) is 6.50. The molecule has 0 spiro atoms. The van der Waals surface area contributed by atoms with E-state index >= 15 is 0 Å². The molecule has 2 fully saturated rings. The van der Waals surface area contributed by atoms with E-state index in [1.54, 1.807) is 17.0 Å². The number of aryl methyl sites for hydroxylation is 1. The van der Waals surface area contributed by atoms with Gasteiger partial charge in [0.1, 0.15) is 23.7 Å². The lowest BCUT2D eigenvalue weighted by molar-refractivity contribution is -0.153. The molecule has 0 aliphatic carbocycles. The van der Waals surface area contributed by atoms with E-state index in [4.69, 9.17) is 21.1 Å². The summed E-state index contributed by atoms with van der Waals surface area (Å²) in [5.74, 6) is 0.525. The van der Waals surface area contributed by atoms with Crippen molar-refractivity contribution in [2.45, 2.75) is 38.2 Å². The molecule has 32 heavy (non-hydrogen) atoms. The molecule has 3 heterocycles. The van der Waals surface area contributed by atoms with Crippen LogP contribution in [0.1, 0.15) is 41.7 Å². The Bertz CT molecular complexity index is 945. The first kappa shape index (κ1) is 22.6. The lowest BCUT2D eigenvalue weighted by Gasteiger charge is -2.43. The summed E-state index contributed by atoms with van der Waals surface area (Å²) in [5, 5.41) is 0.664. The third-order valence-electron chi connectivity index (χ3n) is 6.08. The van der Waals surface area contributed by atoms with Crippen molar-refractivity contribution in [2.24, 2.45) is 0 Å². The smallest absolute Gasteiger partial charge is 0.272 e. The first-order chi connectivity index (χ1) is 15.5. The Hall–Kier alpha value is -2.58. The van der Waals surface area contributed by atoms with Gasteiger partial charge in [-0.05, 0) is 49.9 Å². The Kier molecular flexibility index (Phi) is 7.01. The molecule has 172 valence electrons. The van der Waals surface area contributed by atoms with E-state index < -0.39 is 5.60 Å². The number of carbonyl (C=O) groups excluding carboxylic acids is 2. The summed E-state index contributed by atoms with van der Waals surface area (Å²) in [4.78, 5) is 36.5. The minimum absolute atomic E-state index is 0.0384. The zero-order valence-electron chi connectivity index (χ0n) is 18.3. The lowest BCUT2D eigenvalue weighted by Crippen LogP contribution is -2.58. The predicted molar refractivity (Wildman–Crippen MR) is 120 cm³/mol. The van der Waals surface area contributed by atoms with Crippen molar-refractivity contribution in [1.82, 2.24) is 19.8 Å². The zero-order chi connectivity index (χ0) is 22.6. The number of rotatable bonds is 6. The first-order valence-corrected chi connectivity index (χ1v) is 11.4. The standard InChI is InChI=1S/C23H29ClN4O4/c1-17-11-18(5-6-19(17)24)31-15-23(12-21(29)27-7-3-2-4-8-27)14-28(9-10-32-23)22(30)20-13-25-16-26-20/h5-6,11,13,16H,2-4,7-10,12,14-15H2,1H3,(H,25,26)/t23-/m0/s1. The van der Waals surface area contributed by atoms with Gasteiger partial charge in [-0.25, -0.2) is 4.98 Å². The van der Waals surface area contributed by atoms with Crippen LogP contribution in [0.15, 0.2) is 30.7 Å². The molecular weight excluding hydrogens is 432 g/mol.